The van der Waals surface area contributed by atoms with Gasteiger partial charge in [0.05, 0.1) is 0 Å². The Hall–Kier alpha value is -4.41. The van der Waals surface area contributed by atoms with E-state index in [0.717, 1.165) is 16.7 Å². The zero-order valence-electron chi connectivity index (χ0n) is 19.8. The summed E-state index contributed by atoms with van der Waals surface area (Å²) in [6.07, 6.45) is 3.41. The Morgan fingerprint density at radius 3 is 2.64 bits per heavy atom. The van der Waals surface area contributed by atoms with Crippen LogP contribution in [0.3, 0.4) is 0 Å². The van der Waals surface area contributed by atoms with Crippen LogP contribution < -0.4 is 15.6 Å². The van der Waals surface area contributed by atoms with Crippen molar-refractivity contribution in [2.75, 3.05) is 6.54 Å². The minimum absolute atomic E-state index is 0.0131. The average Bonchev–Trinajstić information content (AvgIpc) is 2.87. The molecule has 0 fully saturated rings. The van der Waals surface area contributed by atoms with E-state index in [1.807, 2.05) is 56.3 Å². The minimum Gasteiger partial charge on any atom is -0.438 e. The maximum atomic E-state index is 13.4. The predicted octanol–water partition coefficient (Wildman–Crippen LogP) is 5.02. The van der Waals surface area contributed by atoms with E-state index < -0.39 is 11.5 Å². The second kappa shape index (κ2) is 10.9. The van der Waals surface area contributed by atoms with E-state index in [1.54, 1.807) is 30.5 Å². The van der Waals surface area contributed by atoms with Crippen LogP contribution in [0.2, 0.25) is 5.02 Å². The van der Waals surface area contributed by atoms with Crippen LogP contribution in [0.25, 0.3) is 11.7 Å². The number of aryl methyl sites for hydroxylation is 2. The third kappa shape index (κ3) is 5.45. The SMILES string of the molecule is Cc1cc(Oc2nc3c(C)cccn3c(=O)c2C=C(C#N)C(=O)NCCc2ccccc2)ccc1Cl. The van der Waals surface area contributed by atoms with Crippen molar-refractivity contribution < 1.29 is 9.53 Å². The second-order valence-corrected chi connectivity index (χ2v) is 8.60. The van der Waals surface area contributed by atoms with Crippen molar-refractivity contribution in [2.45, 2.75) is 20.3 Å². The van der Waals surface area contributed by atoms with Crippen molar-refractivity contribution in [3.8, 4) is 17.7 Å². The van der Waals surface area contributed by atoms with Gasteiger partial charge in [-0.3, -0.25) is 14.0 Å². The Morgan fingerprint density at radius 1 is 1.14 bits per heavy atom. The maximum Gasteiger partial charge on any atom is 0.269 e. The molecule has 36 heavy (non-hydrogen) atoms. The number of amides is 1. The van der Waals surface area contributed by atoms with Crippen LogP contribution in [0.4, 0.5) is 0 Å². The van der Waals surface area contributed by atoms with Gasteiger partial charge in [0.2, 0.25) is 5.88 Å². The molecule has 8 heteroatoms. The highest BCUT2D eigenvalue weighted by atomic mass is 35.5. The fourth-order valence-corrected chi connectivity index (χ4v) is 3.76. The topological polar surface area (TPSA) is 96.5 Å². The van der Waals surface area contributed by atoms with Crippen LogP contribution in [0, 0.1) is 25.2 Å². The monoisotopic (exact) mass is 498 g/mol. The zero-order chi connectivity index (χ0) is 25.7. The third-order valence-corrected chi connectivity index (χ3v) is 6.01. The lowest BCUT2D eigenvalue weighted by Crippen LogP contribution is -2.27. The van der Waals surface area contributed by atoms with Gasteiger partial charge in [-0.05, 0) is 67.3 Å². The van der Waals surface area contributed by atoms with Crippen molar-refractivity contribution in [3.05, 3.63) is 110 Å². The second-order valence-electron chi connectivity index (χ2n) is 8.19. The Labute approximate surface area is 213 Å². The molecule has 0 aliphatic carbocycles. The highest BCUT2D eigenvalue weighted by Crippen LogP contribution is 2.27. The number of rotatable bonds is 7. The fourth-order valence-electron chi connectivity index (χ4n) is 3.64. The van der Waals surface area contributed by atoms with Gasteiger partial charge in [0.25, 0.3) is 11.5 Å². The first-order valence-corrected chi connectivity index (χ1v) is 11.6. The molecule has 180 valence electrons. The van der Waals surface area contributed by atoms with Gasteiger partial charge in [-0.2, -0.15) is 10.2 Å². The number of nitriles is 1. The Kier molecular flexibility index (Phi) is 7.47. The molecule has 0 aliphatic rings. The molecule has 1 amide bonds. The number of ether oxygens (including phenoxy) is 1. The Bertz CT molecular complexity index is 1570. The Balaban J connectivity index is 1.71. The summed E-state index contributed by atoms with van der Waals surface area (Å²) in [5, 5.41) is 13.0. The average molecular weight is 499 g/mol. The fraction of sp³-hybridized carbons (Fsp3) is 0.143. The van der Waals surface area contributed by atoms with E-state index in [9.17, 15) is 14.9 Å². The number of carbonyl (C=O) groups excluding carboxylic acids is 1. The van der Waals surface area contributed by atoms with Crippen molar-refractivity contribution in [1.29, 1.82) is 5.26 Å². The van der Waals surface area contributed by atoms with Crippen LogP contribution in [-0.4, -0.2) is 21.8 Å². The molecule has 0 atom stereocenters. The third-order valence-electron chi connectivity index (χ3n) is 5.59. The van der Waals surface area contributed by atoms with E-state index in [2.05, 4.69) is 10.3 Å². The van der Waals surface area contributed by atoms with Crippen LogP contribution in [0.5, 0.6) is 11.6 Å². The molecule has 4 aromatic rings. The van der Waals surface area contributed by atoms with Crippen molar-refractivity contribution in [2.24, 2.45) is 0 Å². The lowest BCUT2D eigenvalue weighted by Gasteiger charge is -2.12. The summed E-state index contributed by atoms with van der Waals surface area (Å²) in [5.74, 6) is -0.182. The molecule has 0 aliphatic heterocycles. The van der Waals surface area contributed by atoms with E-state index in [0.29, 0.717) is 29.4 Å². The van der Waals surface area contributed by atoms with Crippen LogP contribution in [0.15, 0.2) is 77.2 Å². The first-order valence-electron chi connectivity index (χ1n) is 11.3. The number of halogens is 1. The molecular weight excluding hydrogens is 476 g/mol. The smallest absolute Gasteiger partial charge is 0.269 e. The highest BCUT2D eigenvalue weighted by Gasteiger charge is 2.18. The molecule has 7 nitrogen and oxygen atoms in total. The van der Waals surface area contributed by atoms with Crippen molar-refractivity contribution >= 4 is 29.2 Å². The Morgan fingerprint density at radius 2 is 1.92 bits per heavy atom. The van der Waals surface area contributed by atoms with E-state index >= 15 is 0 Å². The number of pyridine rings is 1. The lowest BCUT2D eigenvalue weighted by atomic mass is 10.1. The highest BCUT2D eigenvalue weighted by molar-refractivity contribution is 6.31. The summed E-state index contributed by atoms with van der Waals surface area (Å²) in [5.41, 5.74) is 2.31. The standard InChI is InChI=1S/C28H23ClN4O3/c1-18-7-6-14-33-25(18)32-27(36-22-10-11-24(29)19(2)15-22)23(28(33)35)16-21(17-30)26(34)31-13-12-20-8-4-3-5-9-20/h3-11,14-16H,12-13H2,1-2H3,(H,31,34). The molecule has 2 heterocycles. The summed E-state index contributed by atoms with van der Waals surface area (Å²) >= 11 is 6.13. The number of benzene rings is 2. The first-order chi connectivity index (χ1) is 17.4. The molecular formula is C28H23ClN4O3. The molecule has 4 rings (SSSR count). The number of nitrogens with zero attached hydrogens (tertiary/aromatic N) is 3. The summed E-state index contributed by atoms with van der Waals surface area (Å²) in [6.45, 7) is 3.99. The predicted molar refractivity (Wildman–Crippen MR) is 139 cm³/mol. The normalized spacial score (nSPS) is 11.2. The number of nitrogens with one attached hydrogen (secondary N) is 1. The molecule has 2 aromatic heterocycles. The van der Waals surface area contributed by atoms with Gasteiger partial charge in [-0.1, -0.05) is 48.0 Å². The lowest BCUT2D eigenvalue weighted by molar-refractivity contribution is -0.117. The summed E-state index contributed by atoms with van der Waals surface area (Å²) in [7, 11) is 0. The minimum atomic E-state index is -0.588. The molecule has 1 N–H and O–H groups in total. The molecule has 2 aromatic carbocycles. The summed E-state index contributed by atoms with van der Waals surface area (Å²) in [6, 6.07) is 20.2. The maximum absolute atomic E-state index is 13.4. The van der Waals surface area contributed by atoms with Gasteiger partial charge in [0, 0.05) is 17.8 Å². The molecule has 0 saturated carbocycles. The summed E-state index contributed by atoms with van der Waals surface area (Å²) in [4.78, 5) is 30.7. The van der Waals surface area contributed by atoms with Crippen LogP contribution in [-0.2, 0) is 11.2 Å². The quantitative estimate of drug-likeness (QED) is 0.285. The molecule has 0 saturated heterocycles. The number of carbonyl (C=O) groups is 1. The van der Waals surface area contributed by atoms with Gasteiger partial charge in [-0.15, -0.1) is 0 Å². The molecule has 0 unspecified atom stereocenters. The van der Waals surface area contributed by atoms with Gasteiger partial charge >= 0.3 is 0 Å². The molecule has 0 radical (unpaired) electrons. The van der Waals surface area contributed by atoms with Crippen LogP contribution >= 0.6 is 11.6 Å². The number of hydrogen-bond donors (Lipinski definition) is 1. The number of aromatic nitrogens is 2. The van der Waals surface area contributed by atoms with Gasteiger partial charge in [0.15, 0.2) is 0 Å². The van der Waals surface area contributed by atoms with Gasteiger partial charge in [0.1, 0.15) is 28.6 Å². The molecule has 0 bridgehead atoms. The van der Waals surface area contributed by atoms with E-state index in [1.165, 1.54) is 10.5 Å². The first kappa shape index (κ1) is 24.7. The molecule has 0 spiro atoms. The summed E-state index contributed by atoms with van der Waals surface area (Å²) < 4.78 is 7.35. The number of hydrogen-bond acceptors (Lipinski definition) is 5. The van der Waals surface area contributed by atoms with Crippen molar-refractivity contribution in [1.82, 2.24) is 14.7 Å². The van der Waals surface area contributed by atoms with Crippen molar-refractivity contribution in [3.63, 3.8) is 0 Å². The van der Waals surface area contributed by atoms with Gasteiger partial charge in [-0.25, -0.2) is 0 Å². The zero-order valence-corrected chi connectivity index (χ0v) is 20.5. The number of fused-ring (bicyclic) bond motifs is 1. The van der Waals surface area contributed by atoms with E-state index in [-0.39, 0.29) is 17.0 Å². The van der Waals surface area contributed by atoms with Gasteiger partial charge < -0.3 is 10.1 Å². The van der Waals surface area contributed by atoms with E-state index in [4.69, 9.17) is 16.3 Å². The largest absolute Gasteiger partial charge is 0.438 e. The van der Waals surface area contributed by atoms with Crippen LogP contribution in [0.1, 0.15) is 22.3 Å².